The Morgan fingerprint density at radius 2 is 1.92 bits per heavy atom. The van der Waals surface area contributed by atoms with Gasteiger partial charge in [-0.25, -0.2) is 0 Å². The van der Waals surface area contributed by atoms with Crippen LogP contribution in [0.25, 0.3) is 0 Å². The first-order valence-electron chi connectivity index (χ1n) is 8.21. The Labute approximate surface area is 151 Å². The lowest BCUT2D eigenvalue weighted by Crippen LogP contribution is -2.14. The van der Waals surface area contributed by atoms with Crippen molar-refractivity contribution in [3.8, 4) is 17.2 Å². The third kappa shape index (κ3) is 4.17. The number of phenols is 1. The van der Waals surface area contributed by atoms with Crippen molar-refractivity contribution in [3.05, 3.63) is 47.0 Å². The van der Waals surface area contributed by atoms with Gasteiger partial charge in [0.1, 0.15) is 5.75 Å². The number of methoxy groups -OCH3 is 1. The number of halogens is 1. The molecule has 5 nitrogen and oxygen atoms in total. The van der Waals surface area contributed by atoms with Crippen molar-refractivity contribution in [2.45, 2.75) is 31.8 Å². The van der Waals surface area contributed by atoms with Gasteiger partial charge in [-0.2, -0.15) is 0 Å². The van der Waals surface area contributed by atoms with E-state index in [9.17, 15) is 9.90 Å². The van der Waals surface area contributed by atoms with Gasteiger partial charge in [0.15, 0.2) is 11.5 Å². The molecule has 0 unspecified atom stereocenters. The van der Waals surface area contributed by atoms with Gasteiger partial charge in [0.25, 0.3) is 5.91 Å². The van der Waals surface area contributed by atoms with Crippen LogP contribution in [0.5, 0.6) is 17.2 Å². The van der Waals surface area contributed by atoms with E-state index in [0.717, 1.165) is 12.8 Å². The van der Waals surface area contributed by atoms with Gasteiger partial charge in [-0.05, 0) is 62.1 Å². The van der Waals surface area contributed by atoms with E-state index in [0.29, 0.717) is 22.1 Å². The van der Waals surface area contributed by atoms with Gasteiger partial charge in [-0.15, -0.1) is 0 Å². The summed E-state index contributed by atoms with van der Waals surface area (Å²) in [6.45, 7) is 0. The van der Waals surface area contributed by atoms with Crippen molar-refractivity contribution in [1.82, 2.24) is 0 Å². The number of anilines is 1. The SMILES string of the molecule is COc1cc(C(=O)Nc2cc(Cl)ccc2O)ccc1OC1CCCC1. The van der Waals surface area contributed by atoms with Crippen molar-refractivity contribution in [2.24, 2.45) is 0 Å². The topological polar surface area (TPSA) is 67.8 Å². The highest BCUT2D eigenvalue weighted by Crippen LogP contribution is 2.33. The second-order valence-electron chi connectivity index (χ2n) is 6.01. The van der Waals surface area contributed by atoms with Crippen LogP contribution >= 0.6 is 11.6 Å². The van der Waals surface area contributed by atoms with Crippen LogP contribution in [0.3, 0.4) is 0 Å². The number of carbonyl (C=O) groups excluding carboxylic acids is 1. The van der Waals surface area contributed by atoms with Gasteiger partial charge in [0.2, 0.25) is 0 Å². The first kappa shape index (κ1) is 17.4. The van der Waals surface area contributed by atoms with Crippen LogP contribution < -0.4 is 14.8 Å². The molecular weight excluding hydrogens is 342 g/mol. The van der Waals surface area contributed by atoms with Crippen LogP contribution in [0.2, 0.25) is 5.02 Å². The van der Waals surface area contributed by atoms with E-state index in [1.54, 1.807) is 31.4 Å². The minimum atomic E-state index is -0.372. The number of carbonyl (C=O) groups is 1. The maximum absolute atomic E-state index is 12.4. The Morgan fingerprint density at radius 3 is 2.64 bits per heavy atom. The second-order valence-corrected chi connectivity index (χ2v) is 6.44. The summed E-state index contributed by atoms with van der Waals surface area (Å²) in [4.78, 5) is 12.4. The molecule has 0 atom stereocenters. The Balaban J connectivity index is 1.77. The molecule has 0 aromatic heterocycles. The highest BCUT2D eigenvalue weighted by atomic mass is 35.5. The maximum Gasteiger partial charge on any atom is 0.255 e. The molecule has 1 saturated carbocycles. The van der Waals surface area contributed by atoms with Crippen LogP contribution in [-0.2, 0) is 0 Å². The van der Waals surface area contributed by atoms with Gasteiger partial charge < -0.3 is 19.9 Å². The monoisotopic (exact) mass is 361 g/mol. The minimum Gasteiger partial charge on any atom is -0.506 e. The van der Waals surface area contributed by atoms with Crippen LogP contribution in [0.4, 0.5) is 5.69 Å². The van der Waals surface area contributed by atoms with Crippen molar-refractivity contribution in [1.29, 1.82) is 0 Å². The number of hydrogen-bond donors (Lipinski definition) is 2. The quantitative estimate of drug-likeness (QED) is 0.762. The first-order valence-corrected chi connectivity index (χ1v) is 8.59. The summed E-state index contributed by atoms with van der Waals surface area (Å²) in [7, 11) is 1.54. The standard InChI is InChI=1S/C19H20ClNO4/c1-24-18-10-12(6-9-17(18)25-14-4-2-3-5-14)19(23)21-15-11-13(20)7-8-16(15)22/h6-11,14,22H,2-5H2,1H3,(H,21,23). The lowest BCUT2D eigenvalue weighted by molar-refractivity contribution is 0.102. The molecule has 1 aliphatic rings. The minimum absolute atomic E-state index is 0.0501. The van der Waals surface area contributed by atoms with Crippen molar-refractivity contribution >= 4 is 23.2 Å². The zero-order chi connectivity index (χ0) is 17.8. The molecule has 2 N–H and O–H groups in total. The average molecular weight is 362 g/mol. The third-order valence-electron chi connectivity index (χ3n) is 4.23. The average Bonchev–Trinajstić information content (AvgIpc) is 3.11. The van der Waals surface area contributed by atoms with E-state index < -0.39 is 0 Å². The summed E-state index contributed by atoms with van der Waals surface area (Å²) in [6.07, 6.45) is 4.64. The molecule has 1 aliphatic carbocycles. The normalized spacial score (nSPS) is 14.3. The zero-order valence-electron chi connectivity index (χ0n) is 13.9. The fourth-order valence-corrected chi connectivity index (χ4v) is 3.07. The molecule has 25 heavy (non-hydrogen) atoms. The summed E-state index contributed by atoms with van der Waals surface area (Å²) < 4.78 is 11.3. The van der Waals surface area contributed by atoms with E-state index in [1.165, 1.54) is 25.0 Å². The van der Waals surface area contributed by atoms with E-state index >= 15 is 0 Å². The Bertz CT molecular complexity index is 772. The summed E-state index contributed by atoms with van der Waals surface area (Å²) in [5.74, 6) is 0.723. The van der Waals surface area contributed by atoms with Gasteiger partial charge in [-0.1, -0.05) is 11.6 Å². The van der Waals surface area contributed by atoms with E-state index in [1.807, 2.05) is 0 Å². The van der Waals surface area contributed by atoms with E-state index in [2.05, 4.69) is 5.32 Å². The van der Waals surface area contributed by atoms with Crippen molar-refractivity contribution in [2.75, 3.05) is 12.4 Å². The van der Waals surface area contributed by atoms with Gasteiger partial charge >= 0.3 is 0 Å². The molecule has 2 aromatic carbocycles. The molecule has 0 aliphatic heterocycles. The van der Waals surface area contributed by atoms with Crippen LogP contribution in [0.1, 0.15) is 36.0 Å². The summed E-state index contributed by atoms with van der Waals surface area (Å²) >= 11 is 5.90. The molecule has 0 heterocycles. The van der Waals surface area contributed by atoms with Gasteiger partial charge in [0.05, 0.1) is 18.9 Å². The smallest absolute Gasteiger partial charge is 0.255 e. The predicted molar refractivity (Wildman–Crippen MR) is 96.9 cm³/mol. The number of benzene rings is 2. The Hall–Kier alpha value is -2.40. The summed E-state index contributed by atoms with van der Waals surface area (Å²) in [5.41, 5.74) is 0.651. The number of amides is 1. The number of hydrogen-bond acceptors (Lipinski definition) is 4. The Kier molecular flexibility index (Phi) is 5.34. The largest absolute Gasteiger partial charge is 0.506 e. The van der Waals surface area contributed by atoms with E-state index in [-0.39, 0.29) is 23.4 Å². The summed E-state index contributed by atoms with van der Waals surface area (Å²) in [6, 6.07) is 9.50. The molecule has 1 amide bonds. The zero-order valence-corrected chi connectivity index (χ0v) is 14.7. The van der Waals surface area contributed by atoms with Crippen LogP contribution in [-0.4, -0.2) is 24.2 Å². The molecule has 1 fully saturated rings. The molecule has 6 heteroatoms. The lowest BCUT2D eigenvalue weighted by Gasteiger charge is -2.16. The fraction of sp³-hybridized carbons (Fsp3) is 0.316. The molecule has 132 valence electrons. The molecule has 0 spiro atoms. The van der Waals surface area contributed by atoms with Crippen molar-refractivity contribution in [3.63, 3.8) is 0 Å². The third-order valence-corrected chi connectivity index (χ3v) is 4.46. The molecule has 3 rings (SSSR count). The number of rotatable bonds is 5. The second kappa shape index (κ2) is 7.66. The number of aromatic hydroxyl groups is 1. The van der Waals surface area contributed by atoms with Crippen LogP contribution in [0.15, 0.2) is 36.4 Å². The van der Waals surface area contributed by atoms with Gasteiger partial charge in [-0.3, -0.25) is 4.79 Å². The number of phenolic OH excluding ortho intramolecular Hbond substituents is 1. The lowest BCUT2D eigenvalue weighted by atomic mass is 10.1. The first-order chi connectivity index (χ1) is 12.1. The van der Waals surface area contributed by atoms with Crippen LogP contribution in [0, 0.1) is 0 Å². The fourth-order valence-electron chi connectivity index (χ4n) is 2.89. The van der Waals surface area contributed by atoms with Crippen molar-refractivity contribution < 1.29 is 19.4 Å². The molecular formula is C19H20ClNO4. The Morgan fingerprint density at radius 1 is 1.16 bits per heavy atom. The number of ether oxygens (including phenoxy) is 2. The van der Waals surface area contributed by atoms with Gasteiger partial charge in [0, 0.05) is 10.6 Å². The van der Waals surface area contributed by atoms with E-state index in [4.69, 9.17) is 21.1 Å². The molecule has 0 bridgehead atoms. The predicted octanol–water partition coefficient (Wildman–Crippen LogP) is 4.63. The highest BCUT2D eigenvalue weighted by Gasteiger charge is 2.19. The highest BCUT2D eigenvalue weighted by molar-refractivity contribution is 6.31. The summed E-state index contributed by atoms with van der Waals surface area (Å²) in [5, 5.41) is 12.9. The molecule has 0 radical (unpaired) electrons. The molecule has 2 aromatic rings. The maximum atomic E-state index is 12.4. The number of nitrogens with one attached hydrogen (secondary N) is 1. The molecule has 0 saturated heterocycles.